The summed E-state index contributed by atoms with van der Waals surface area (Å²) in [5.41, 5.74) is 1.83. The van der Waals surface area contributed by atoms with Crippen molar-refractivity contribution in [2.75, 3.05) is 24.0 Å². The lowest BCUT2D eigenvalue weighted by Gasteiger charge is -2.34. The van der Waals surface area contributed by atoms with Gasteiger partial charge in [0, 0.05) is 29.0 Å². The molecule has 0 radical (unpaired) electrons. The number of hydrogen-bond acceptors (Lipinski definition) is 5. The fourth-order valence-corrected chi connectivity index (χ4v) is 6.78. The average molecular weight is 727 g/mol. The summed E-state index contributed by atoms with van der Waals surface area (Å²) in [5, 5.41) is 3.42. The van der Waals surface area contributed by atoms with Gasteiger partial charge in [-0.2, -0.15) is 0 Å². The molecule has 1 N–H and O–H groups in total. The van der Waals surface area contributed by atoms with Gasteiger partial charge in [0.05, 0.1) is 17.2 Å². The molecular weight excluding hydrogens is 690 g/mol. The minimum absolute atomic E-state index is 0.0142. The van der Waals surface area contributed by atoms with E-state index in [9.17, 15) is 18.0 Å². The van der Waals surface area contributed by atoms with Gasteiger partial charge in [0.25, 0.3) is 10.0 Å². The molecule has 0 aliphatic carbocycles. The van der Waals surface area contributed by atoms with Crippen molar-refractivity contribution in [2.24, 2.45) is 0 Å². The maximum absolute atomic E-state index is 14.5. The van der Waals surface area contributed by atoms with Crippen molar-refractivity contribution in [3.63, 3.8) is 0 Å². The van der Waals surface area contributed by atoms with Gasteiger partial charge in [0.1, 0.15) is 18.3 Å². The molecule has 1 atom stereocenters. The van der Waals surface area contributed by atoms with Crippen LogP contribution in [0.5, 0.6) is 5.75 Å². The van der Waals surface area contributed by atoms with Crippen LogP contribution in [-0.2, 0) is 32.6 Å². The molecule has 0 aliphatic rings. The van der Waals surface area contributed by atoms with E-state index in [2.05, 4.69) is 21.2 Å². The Labute approximate surface area is 284 Å². The van der Waals surface area contributed by atoms with Crippen molar-refractivity contribution in [3.05, 3.63) is 124 Å². The number of amides is 2. The van der Waals surface area contributed by atoms with E-state index < -0.39 is 28.5 Å². The minimum atomic E-state index is -4.22. The Hall–Kier alpha value is -3.86. The van der Waals surface area contributed by atoms with Crippen molar-refractivity contribution in [2.45, 2.75) is 44.2 Å². The van der Waals surface area contributed by atoms with Gasteiger partial charge in [-0.3, -0.25) is 13.9 Å². The summed E-state index contributed by atoms with van der Waals surface area (Å²) in [6.07, 6.45) is 0.939. The second-order valence-corrected chi connectivity index (χ2v) is 13.8. The van der Waals surface area contributed by atoms with E-state index >= 15 is 0 Å². The highest BCUT2D eigenvalue weighted by atomic mass is 79.9. The molecular formula is C35H37BrClN3O5S. The summed E-state index contributed by atoms with van der Waals surface area (Å²) in [6, 6.07) is 28.3. The van der Waals surface area contributed by atoms with Gasteiger partial charge in [0.2, 0.25) is 11.8 Å². The second-order valence-electron chi connectivity index (χ2n) is 10.5. The molecule has 2 amide bonds. The van der Waals surface area contributed by atoms with Gasteiger partial charge in [0.15, 0.2) is 0 Å². The van der Waals surface area contributed by atoms with Gasteiger partial charge < -0.3 is 15.0 Å². The highest BCUT2D eigenvalue weighted by Gasteiger charge is 2.34. The normalized spacial score (nSPS) is 11.8. The van der Waals surface area contributed by atoms with E-state index in [4.69, 9.17) is 16.3 Å². The van der Waals surface area contributed by atoms with E-state index in [0.717, 1.165) is 9.87 Å². The molecule has 0 bridgehead atoms. The quantitative estimate of drug-likeness (QED) is 0.145. The van der Waals surface area contributed by atoms with Crippen LogP contribution in [0, 0.1) is 0 Å². The lowest BCUT2D eigenvalue weighted by Crippen LogP contribution is -2.53. The van der Waals surface area contributed by atoms with E-state index in [1.807, 2.05) is 50.2 Å². The van der Waals surface area contributed by atoms with Gasteiger partial charge in [-0.05, 0) is 85.1 Å². The molecule has 242 valence electrons. The molecule has 4 aromatic carbocycles. The van der Waals surface area contributed by atoms with Crippen LogP contribution in [0.4, 0.5) is 5.69 Å². The van der Waals surface area contributed by atoms with E-state index in [0.29, 0.717) is 40.4 Å². The molecule has 0 saturated carbocycles. The zero-order valence-electron chi connectivity index (χ0n) is 25.7. The zero-order chi connectivity index (χ0) is 33.1. The third-order valence-electron chi connectivity index (χ3n) is 7.18. The lowest BCUT2D eigenvalue weighted by atomic mass is 10.0. The maximum atomic E-state index is 14.5. The van der Waals surface area contributed by atoms with E-state index in [1.54, 1.807) is 54.6 Å². The molecule has 8 nitrogen and oxygen atoms in total. The number of nitrogens with one attached hydrogen (secondary N) is 1. The van der Waals surface area contributed by atoms with Crippen molar-refractivity contribution in [1.82, 2.24) is 10.2 Å². The van der Waals surface area contributed by atoms with E-state index in [1.165, 1.54) is 17.0 Å². The predicted octanol–water partition coefficient (Wildman–Crippen LogP) is 6.86. The molecule has 0 spiro atoms. The Bertz CT molecular complexity index is 1700. The van der Waals surface area contributed by atoms with Crippen LogP contribution >= 0.6 is 27.5 Å². The first-order valence-electron chi connectivity index (χ1n) is 15.0. The van der Waals surface area contributed by atoms with Crippen molar-refractivity contribution < 1.29 is 22.7 Å². The lowest BCUT2D eigenvalue weighted by molar-refractivity contribution is -0.140. The van der Waals surface area contributed by atoms with Crippen LogP contribution in [-0.4, -0.2) is 50.9 Å². The van der Waals surface area contributed by atoms with Gasteiger partial charge >= 0.3 is 0 Å². The number of benzene rings is 4. The number of carbonyl (C=O) groups is 2. The Morgan fingerprint density at radius 2 is 1.57 bits per heavy atom. The first kappa shape index (κ1) is 35.0. The fourth-order valence-electron chi connectivity index (χ4n) is 4.89. The molecule has 0 heterocycles. The molecule has 0 unspecified atom stereocenters. The number of nitrogens with zero attached hydrogens (tertiary/aromatic N) is 2. The second kappa shape index (κ2) is 16.6. The summed E-state index contributed by atoms with van der Waals surface area (Å²) in [5.74, 6) is -0.316. The first-order valence-corrected chi connectivity index (χ1v) is 17.6. The largest absolute Gasteiger partial charge is 0.494 e. The van der Waals surface area contributed by atoms with Crippen LogP contribution in [0.2, 0.25) is 5.02 Å². The number of sulfonamides is 1. The minimum Gasteiger partial charge on any atom is -0.494 e. The Balaban J connectivity index is 1.79. The highest BCUT2D eigenvalue weighted by molar-refractivity contribution is 9.10. The number of halogens is 2. The topological polar surface area (TPSA) is 96.0 Å². The summed E-state index contributed by atoms with van der Waals surface area (Å²) < 4.78 is 35.7. The van der Waals surface area contributed by atoms with Crippen LogP contribution < -0.4 is 14.4 Å². The van der Waals surface area contributed by atoms with Crippen molar-refractivity contribution >= 4 is 55.1 Å². The Morgan fingerprint density at radius 3 is 2.20 bits per heavy atom. The van der Waals surface area contributed by atoms with Gasteiger partial charge in [-0.25, -0.2) is 8.42 Å². The molecule has 4 aromatic rings. The van der Waals surface area contributed by atoms with Crippen LogP contribution in [0.1, 0.15) is 31.4 Å². The number of hydrogen-bond donors (Lipinski definition) is 1. The Kier molecular flexibility index (Phi) is 12.7. The SMILES string of the molecule is CCCNC(=O)[C@@H](Cc1ccccc1)N(Cc1cccc(Cl)c1)C(=O)CN(c1ccc(OCC)cc1)S(=O)(=O)c1ccc(Br)cc1. The highest BCUT2D eigenvalue weighted by Crippen LogP contribution is 2.28. The standard InChI is InChI=1S/C35H37BrClN3O5S/c1-3-21-38-35(42)33(23-26-9-6-5-7-10-26)39(24-27-11-8-12-29(37)22-27)34(41)25-40(30-15-17-31(18-16-30)45-4-2)46(43,44)32-19-13-28(36)14-20-32/h5-20,22,33H,3-4,21,23-25H2,1-2H3,(H,38,42)/t33-/m1/s1. The third kappa shape index (κ3) is 9.34. The van der Waals surface area contributed by atoms with Gasteiger partial charge in [-0.15, -0.1) is 0 Å². The van der Waals surface area contributed by atoms with E-state index in [-0.39, 0.29) is 29.5 Å². The summed E-state index contributed by atoms with van der Waals surface area (Å²) >= 11 is 9.66. The van der Waals surface area contributed by atoms with Crippen LogP contribution in [0.3, 0.4) is 0 Å². The molecule has 0 aromatic heterocycles. The molecule has 46 heavy (non-hydrogen) atoms. The Morgan fingerprint density at radius 1 is 0.891 bits per heavy atom. The summed E-state index contributed by atoms with van der Waals surface area (Å²) in [6.45, 7) is 4.15. The maximum Gasteiger partial charge on any atom is 0.264 e. The molecule has 0 aliphatic heterocycles. The number of rotatable bonds is 15. The summed E-state index contributed by atoms with van der Waals surface area (Å²) in [4.78, 5) is 29.7. The average Bonchev–Trinajstić information content (AvgIpc) is 3.05. The van der Waals surface area contributed by atoms with Gasteiger partial charge in [-0.1, -0.05) is 76.9 Å². The summed E-state index contributed by atoms with van der Waals surface area (Å²) in [7, 11) is -4.22. The molecule has 11 heteroatoms. The third-order valence-corrected chi connectivity index (χ3v) is 9.73. The number of anilines is 1. The molecule has 0 saturated heterocycles. The fraction of sp³-hybridized carbons (Fsp3) is 0.257. The van der Waals surface area contributed by atoms with Crippen molar-refractivity contribution in [3.8, 4) is 5.75 Å². The van der Waals surface area contributed by atoms with Crippen LogP contribution in [0.25, 0.3) is 0 Å². The zero-order valence-corrected chi connectivity index (χ0v) is 28.9. The predicted molar refractivity (Wildman–Crippen MR) is 186 cm³/mol. The first-order chi connectivity index (χ1) is 22.1. The number of carbonyl (C=O) groups excluding carboxylic acids is 2. The number of ether oxygens (including phenoxy) is 1. The van der Waals surface area contributed by atoms with Crippen LogP contribution in [0.15, 0.2) is 112 Å². The molecule has 4 rings (SSSR count). The van der Waals surface area contributed by atoms with Crippen molar-refractivity contribution in [1.29, 1.82) is 0 Å². The monoisotopic (exact) mass is 725 g/mol. The smallest absolute Gasteiger partial charge is 0.264 e. The molecule has 0 fully saturated rings.